The first kappa shape index (κ1) is 8.50. The molecule has 4 heteroatoms. The van der Waals surface area contributed by atoms with E-state index >= 15 is 0 Å². The van der Waals surface area contributed by atoms with Gasteiger partial charge in [0.2, 0.25) is 0 Å². The van der Waals surface area contributed by atoms with Crippen molar-refractivity contribution >= 4 is 23.1 Å². The molecule has 4 nitrogen and oxygen atoms in total. The van der Waals surface area contributed by atoms with Gasteiger partial charge in [0.25, 0.3) is 5.91 Å². The summed E-state index contributed by atoms with van der Waals surface area (Å²) in [6, 6.07) is 7.14. The summed E-state index contributed by atoms with van der Waals surface area (Å²) < 4.78 is 0. The lowest BCUT2D eigenvalue weighted by molar-refractivity contribution is 0.0994. The Balaban J connectivity index is 2.87. The normalized spacial score (nSPS) is 10.3. The first-order valence-corrected chi connectivity index (χ1v) is 4.09. The predicted molar refractivity (Wildman–Crippen MR) is 52.2 cm³/mol. The lowest BCUT2D eigenvalue weighted by Crippen LogP contribution is -2.12. The van der Waals surface area contributed by atoms with Gasteiger partial charge < -0.3 is 10.7 Å². The molecule has 1 heterocycles. The Labute approximate surface area is 79.7 Å². The number of primary amides is 1. The Morgan fingerprint density at radius 3 is 2.71 bits per heavy atom. The van der Waals surface area contributed by atoms with E-state index in [2.05, 4.69) is 4.98 Å². The summed E-state index contributed by atoms with van der Waals surface area (Å²) >= 11 is 0. The second-order valence-corrected chi connectivity index (χ2v) is 2.94. The largest absolute Gasteiger partial charge is 0.366 e. The SMILES string of the molecule is NC(=O)c1c(C=O)[nH]c2ccccc12. The standard InChI is InChI=1S/C10H8N2O2/c11-10(14)9-6-3-1-2-4-7(6)12-8(9)5-13/h1-5,12H,(H2,11,14). The quantitative estimate of drug-likeness (QED) is 0.692. The number of carbonyl (C=O) groups excluding carboxylic acids is 2. The fraction of sp³-hybridized carbons (Fsp3) is 0. The molecular weight excluding hydrogens is 180 g/mol. The molecule has 0 aliphatic rings. The van der Waals surface area contributed by atoms with Gasteiger partial charge in [-0.3, -0.25) is 9.59 Å². The van der Waals surface area contributed by atoms with Crippen LogP contribution in [-0.4, -0.2) is 17.2 Å². The molecule has 0 unspecified atom stereocenters. The maximum absolute atomic E-state index is 11.1. The highest BCUT2D eigenvalue weighted by Gasteiger charge is 2.14. The Morgan fingerprint density at radius 2 is 2.07 bits per heavy atom. The Bertz CT molecular complexity index is 514. The van der Waals surface area contributed by atoms with E-state index in [0.717, 1.165) is 5.52 Å². The molecule has 1 amide bonds. The summed E-state index contributed by atoms with van der Waals surface area (Å²) in [5.74, 6) is -0.593. The molecule has 2 rings (SSSR count). The van der Waals surface area contributed by atoms with Gasteiger partial charge in [-0.2, -0.15) is 0 Å². The number of carbonyl (C=O) groups is 2. The Kier molecular flexibility index (Phi) is 1.81. The summed E-state index contributed by atoms with van der Waals surface area (Å²) in [6.45, 7) is 0. The molecule has 0 saturated carbocycles. The summed E-state index contributed by atoms with van der Waals surface area (Å²) in [5, 5.41) is 0.683. The van der Waals surface area contributed by atoms with E-state index in [1.165, 1.54) is 0 Å². The van der Waals surface area contributed by atoms with Crippen LogP contribution in [0.2, 0.25) is 0 Å². The minimum atomic E-state index is -0.593. The highest BCUT2D eigenvalue weighted by molar-refractivity contribution is 6.11. The fourth-order valence-corrected chi connectivity index (χ4v) is 1.52. The number of aromatic amines is 1. The summed E-state index contributed by atoms with van der Waals surface area (Å²) in [7, 11) is 0. The zero-order valence-corrected chi connectivity index (χ0v) is 7.28. The molecular formula is C10H8N2O2. The number of benzene rings is 1. The fourth-order valence-electron chi connectivity index (χ4n) is 1.52. The van der Waals surface area contributed by atoms with Gasteiger partial charge in [-0.25, -0.2) is 0 Å². The van der Waals surface area contributed by atoms with E-state index in [4.69, 9.17) is 5.73 Å². The number of H-pyrrole nitrogens is 1. The predicted octanol–water partition coefficient (Wildman–Crippen LogP) is 1.08. The molecule has 1 aromatic heterocycles. The lowest BCUT2D eigenvalue weighted by Gasteiger charge is -1.92. The average molecular weight is 188 g/mol. The number of aldehydes is 1. The number of aromatic nitrogens is 1. The smallest absolute Gasteiger partial charge is 0.251 e. The number of rotatable bonds is 2. The summed E-state index contributed by atoms with van der Waals surface area (Å²) in [5.41, 5.74) is 6.42. The average Bonchev–Trinajstić information content (AvgIpc) is 2.55. The van der Waals surface area contributed by atoms with Crippen LogP contribution in [0.3, 0.4) is 0 Å². The van der Waals surface area contributed by atoms with Crippen molar-refractivity contribution in [3.05, 3.63) is 35.5 Å². The molecule has 0 radical (unpaired) electrons. The maximum Gasteiger partial charge on any atom is 0.251 e. The van der Waals surface area contributed by atoms with Crippen molar-refractivity contribution in [3.63, 3.8) is 0 Å². The van der Waals surface area contributed by atoms with Crippen LogP contribution < -0.4 is 5.73 Å². The van der Waals surface area contributed by atoms with Gasteiger partial charge in [0, 0.05) is 10.9 Å². The highest BCUT2D eigenvalue weighted by Crippen LogP contribution is 2.20. The van der Waals surface area contributed by atoms with Crippen LogP contribution in [0.4, 0.5) is 0 Å². The first-order valence-electron chi connectivity index (χ1n) is 4.09. The van der Waals surface area contributed by atoms with E-state index < -0.39 is 5.91 Å². The van der Waals surface area contributed by atoms with Crippen molar-refractivity contribution in [1.29, 1.82) is 0 Å². The molecule has 3 N–H and O–H groups in total. The number of para-hydroxylation sites is 1. The number of amides is 1. The van der Waals surface area contributed by atoms with Crippen LogP contribution in [-0.2, 0) is 0 Å². The molecule has 0 bridgehead atoms. The van der Waals surface area contributed by atoms with Crippen molar-refractivity contribution in [2.45, 2.75) is 0 Å². The Morgan fingerprint density at radius 1 is 1.36 bits per heavy atom. The van der Waals surface area contributed by atoms with E-state index in [0.29, 0.717) is 11.7 Å². The van der Waals surface area contributed by atoms with Crippen molar-refractivity contribution in [1.82, 2.24) is 4.98 Å². The van der Waals surface area contributed by atoms with Crippen molar-refractivity contribution in [2.75, 3.05) is 0 Å². The van der Waals surface area contributed by atoms with Crippen molar-refractivity contribution in [2.24, 2.45) is 5.73 Å². The summed E-state index contributed by atoms with van der Waals surface area (Å²) in [4.78, 5) is 24.6. The molecule has 70 valence electrons. The second-order valence-electron chi connectivity index (χ2n) is 2.94. The lowest BCUT2D eigenvalue weighted by atomic mass is 10.1. The zero-order chi connectivity index (χ0) is 10.1. The number of fused-ring (bicyclic) bond motifs is 1. The van der Waals surface area contributed by atoms with Gasteiger partial charge in [-0.05, 0) is 6.07 Å². The molecule has 0 aliphatic carbocycles. The Hall–Kier alpha value is -2.10. The van der Waals surface area contributed by atoms with Gasteiger partial charge in [0.1, 0.15) is 0 Å². The first-order chi connectivity index (χ1) is 6.74. The summed E-state index contributed by atoms with van der Waals surface area (Å²) in [6.07, 6.45) is 0.597. The highest BCUT2D eigenvalue weighted by atomic mass is 16.1. The third-order valence-corrected chi connectivity index (χ3v) is 2.10. The molecule has 1 aromatic carbocycles. The number of nitrogens with two attached hydrogens (primary N) is 1. The topological polar surface area (TPSA) is 76.0 Å². The molecule has 2 aromatic rings. The van der Waals surface area contributed by atoms with Gasteiger partial charge in [0.05, 0.1) is 11.3 Å². The van der Waals surface area contributed by atoms with E-state index in [1.54, 1.807) is 18.2 Å². The minimum Gasteiger partial charge on any atom is -0.366 e. The molecule has 0 fully saturated rings. The van der Waals surface area contributed by atoms with Crippen molar-refractivity contribution in [3.8, 4) is 0 Å². The third-order valence-electron chi connectivity index (χ3n) is 2.10. The maximum atomic E-state index is 11.1. The van der Waals surface area contributed by atoms with Gasteiger partial charge >= 0.3 is 0 Å². The molecule has 0 saturated heterocycles. The van der Waals surface area contributed by atoms with Crippen LogP contribution in [0.15, 0.2) is 24.3 Å². The van der Waals surface area contributed by atoms with E-state index in [-0.39, 0.29) is 11.3 Å². The van der Waals surface area contributed by atoms with Crippen LogP contribution >= 0.6 is 0 Å². The van der Waals surface area contributed by atoms with Gasteiger partial charge in [-0.1, -0.05) is 18.2 Å². The monoisotopic (exact) mass is 188 g/mol. The van der Waals surface area contributed by atoms with Gasteiger partial charge in [0.15, 0.2) is 6.29 Å². The van der Waals surface area contributed by atoms with Crippen molar-refractivity contribution < 1.29 is 9.59 Å². The number of nitrogens with one attached hydrogen (secondary N) is 1. The second kappa shape index (κ2) is 2.99. The van der Waals surface area contributed by atoms with E-state index in [1.807, 2.05) is 6.07 Å². The molecule has 0 atom stereocenters. The zero-order valence-electron chi connectivity index (χ0n) is 7.28. The molecule has 0 spiro atoms. The minimum absolute atomic E-state index is 0.235. The van der Waals surface area contributed by atoms with Crippen LogP contribution in [0, 0.1) is 0 Å². The number of hydrogen-bond donors (Lipinski definition) is 2. The third kappa shape index (κ3) is 1.08. The van der Waals surface area contributed by atoms with Crippen LogP contribution in [0.25, 0.3) is 10.9 Å². The van der Waals surface area contributed by atoms with E-state index in [9.17, 15) is 9.59 Å². The van der Waals surface area contributed by atoms with Crippen LogP contribution in [0.5, 0.6) is 0 Å². The number of hydrogen-bond acceptors (Lipinski definition) is 2. The van der Waals surface area contributed by atoms with Gasteiger partial charge in [-0.15, -0.1) is 0 Å². The molecule has 14 heavy (non-hydrogen) atoms. The molecule has 0 aliphatic heterocycles. The van der Waals surface area contributed by atoms with Crippen LogP contribution in [0.1, 0.15) is 20.8 Å².